The highest BCUT2D eigenvalue weighted by atomic mass is 35.5. The largest absolute Gasteiger partial charge is 0.312 e. The minimum absolute atomic E-state index is 0.313. The number of imidazole rings is 1. The van der Waals surface area contributed by atoms with Crippen molar-refractivity contribution in [1.82, 2.24) is 19.5 Å². The van der Waals surface area contributed by atoms with E-state index < -0.39 is 0 Å². The summed E-state index contributed by atoms with van der Waals surface area (Å²) >= 11 is 5.93. The smallest absolute Gasteiger partial charge is 0.224 e. The fraction of sp³-hybridized carbons (Fsp3) is 0.583. The molecule has 1 aliphatic carbocycles. The first-order chi connectivity index (χ1) is 8.25. The first-order valence-electron chi connectivity index (χ1n) is 6.12. The highest BCUT2D eigenvalue weighted by molar-refractivity contribution is 6.28. The van der Waals surface area contributed by atoms with E-state index in [1.54, 1.807) is 0 Å². The average Bonchev–Trinajstić information content (AvgIpc) is 2.74. The summed E-state index contributed by atoms with van der Waals surface area (Å²) in [5, 5.41) is 0.313. The second-order valence-corrected chi connectivity index (χ2v) is 5.03. The zero-order valence-electron chi connectivity index (χ0n) is 9.86. The zero-order valence-corrected chi connectivity index (χ0v) is 10.6. The van der Waals surface area contributed by atoms with E-state index in [0.29, 0.717) is 11.3 Å². The molecule has 0 amide bonds. The molecule has 0 aromatic carbocycles. The minimum Gasteiger partial charge on any atom is -0.312 e. The summed E-state index contributed by atoms with van der Waals surface area (Å²) in [4.78, 5) is 12.9. The van der Waals surface area contributed by atoms with Crippen molar-refractivity contribution in [3.63, 3.8) is 0 Å². The van der Waals surface area contributed by atoms with Crippen LogP contribution in [0.4, 0.5) is 0 Å². The van der Waals surface area contributed by atoms with E-state index in [1.165, 1.54) is 32.1 Å². The summed E-state index contributed by atoms with van der Waals surface area (Å²) < 4.78 is 2.18. The summed E-state index contributed by atoms with van der Waals surface area (Å²) in [7, 11) is 0. The fourth-order valence-electron chi connectivity index (χ4n) is 2.65. The van der Waals surface area contributed by atoms with Crippen molar-refractivity contribution >= 4 is 22.8 Å². The van der Waals surface area contributed by atoms with Gasteiger partial charge in [-0.2, -0.15) is 4.98 Å². The second-order valence-electron chi connectivity index (χ2n) is 4.69. The minimum atomic E-state index is 0.313. The van der Waals surface area contributed by atoms with Crippen LogP contribution in [0.25, 0.3) is 11.2 Å². The SMILES string of the molecule is Cc1nc(Cl)nc2c1ncn2C1CCCCC1. The molecule has 5 heteroatoms. The van der Waals surface area contributed by atoms with Crippen LogP contribution in [-0.4, -0.2) is 19.5 Å². The number of halogens is 1. The molecule has 0 aliphatic heterocycles. The van der Waals surface area contributed by atoms with Gasteiger partial charge in [0.05, 0.1) is 12.0 Å². The molecule has 0 atom stereocenters. The predicted molar refractivity (Wildman–Crippen MR) is 67.2 cm³/mol. The normalized spacial score (nSPS) is 17.8. The van der Waals surface area contributed by atoms with Gasteiger partial charge in [0.2, 0.25) is 5.28 Å². The summed E-state index contributed by atoms with van der Waals surface area (Å²) in [6, 6.07) is 0.527. The molecular weight excluding hydrogens is 236 g/mol. The molecular formula is C12H15ClN4. The Morgan fingerprint density at radius 1 is 1.24 bits per heavy atom. The second kappa shape index (κ2) is 4.26. The van der Waals surface area contributed by atoms with Gasteiger partial charge in [0.25, 0.3) is 0 Å². The maximum Gasteiger partial charge on any atom is 0.224 e. The molecule has 1 saturated carbocycles. The lowest BCUT2D eigenvalue weighted by Crippen LogP contribution is -2.12. The monoisotopic (exact) mass is 250 g/mol. The van der Waals surface area contributed by atoms with Crippen LogP contribution in [-0.2, 0) is 0 Å². The lowest BCUT2D eigenvalue weighted by atomic mass is 9.95. The van der Waals surface area contributed by atoms with Gasteiger partial charge in [-0.3, -0.25) is 0 Å². The van der Waals surface area contributed by atoms with Gasteiger partial charge in [-0.25, -0.2) is 9.97 Å². The Bertz CT molecular complexity index is 543. The van der Waals surface area contributed by atoms with Gasteiger partial charge in [0, 0.05) is 6.04 Å². The van der Waals surface area contributed by atoms with Crippen LogP contribution in [0.3, 0.4) is 0 Å². The quantitative estimate of drug-likeness (QED) is 0.730. The van der Waals surface area contributed by atoms with Gasteiger partial charge in [-0.1, -0.05) is 19.3 Å². The Morgan fingerprint density at radius 2 is 2.00 bits per heavy atom. The summed E-state index contributed by atoms with van der Waals surface area (Å²) in [5.74, 6) is 0. The number of fused-ring (bicyclic) bond motifs is 1. The number of hydrogen-bond donors (Lipinski definition) is 0. The van der Waals surface area contributed by atoms with Crippen molar-refractivity contribution in [3.05, 3.63) is 17.3 Å². The van der Waals surface area contributed by atoms with Gasteiger partial charge in [-0.05, 0) is 31.4 Å². The molecule has 17 heavy (non-hydrogen) atoms. The first-order valence-corrected chi connectivity index (χ1v) is 6.50. The van der Waals surface area contributed by atoms with Crippen molar-refractivity contribution in [1.29, 1.82) is 0 Å². The lowest BCUT2D eigenvalue weighted by molar-refractivity contribution is 0.358. The van der Waals surface area contributed by atoms with Crippen LogP contribution in [0, 0.1) is 6.92 Å². The van der Waals surface area contributed by atoms with Crippen LogP contribution in [0.2, 0.25) is 5.28 Å². The van der Waals surface area contributed by atoms with Gasteiger partial charge in [0.1, 0.15) is 5.52 Å². The molecule has 2 aromatic heterocycles. The predicted octanol–water partition coefficient (Wildman–Crippen LogP) is 3.29. The third-order valence-electron chi connectivity index (χ3n) is 3.54. The number of rotatable bonds is 1. The Morgan fingerprint density at radius 3 is 2.76 bits per heavy atom. The zero-order chi connectivity index (χ0) is 11.8. The molecule has 0 unspecified atom stereocenters. The molecule has 0 saturated heterocycles. The molecule has 4 nitrogen and oxygen atoms in total. The molecule has 2 heterocycles. The number of nitrogens with zero attached hydrogens (tertiary/aromatic N) is 4. The van der Waals surface area contributed by atoms with Crippen molar-refractivity contribution in [2.75, 3.05) is 0 Å². The standard InChI is InChI=1S/C12H15ClN4/c1-8-10-11(16-12(13)15-8)17(7-14-10)9-5-3-2-4-6-9/h7,9H,2-6H2,1H3. The maximum absolute atomic E-state index is 5.93. The Balaban J connectivity index is 2.10. The van der Waals surface area contributed by atoms with Gasteiger partial charge in [0.15, 0.2) is 5.65 Å². The molecule has 2 aromatic rings. The van der Waals surface area contributed by atoms with E-state index in [-0.39, 0.29) is 0 Å². The van der Waals surface area contributed by atoms with Crippen LogP contribution in [0.5, 0.6) is 0 Å². The van der Waals surface area contributed by atoms with Gasteiger partial charge >= 0.3 is 0 Å². The van der Waals surface area contributed by atoms with Crippen LogP contribution < -0.4 is 0 Å². The molecule has 0 radical (unpaired) electrons. The third kappa shape index (κ3) is 1.90. The molecule has 0 spiro atoms. The van der Waals surface area contributed by atoms with E-state index in [1.807, 2.05) is 13.3 Å². The Kier molecular flexibility index (Phi) is 2.74. The lowest BCUT2D eigenvalue weighted by Gasteiger charge is -2.23. The van der Waals surface area contributed by atoms with E-state index >= 15 is 0 Å². The Hall–Kier alpha value is -1.16. The van der Waals surface area contributed by atoms with Gasteiger partial charge in [-0.15, -0.1) is 0 Å². The van der Waals surface area contributed by atoms with E-state index in [2.05, 4.69) is 19.5 Å². The topological polar surface area (TPSA) is 43.6 Å². The fourth-order valence-corrected chi connectivity index (χ4v) is 2.86. The molecule has 1 aliphatic rings. The van der Waals surface area contributed by atoms with Crippen LogP contribution in [0.15, 0.2) is 6.33 Å². The summed E-state index contributed by atoms with van der Waals surface area (Å²) in [6.45, 7) is 1.92. The molecule has 3 rings (SSSR count). The van der Waals surface area contributed by atoms with Crippen molar-refractivity contribution in [3.8, 4) is 0 Å². The van der Waals surface area contributed by atoms with Crippen molar-refractivity contribution in [2.24, 2.45) is 0 Å². The molecule has 0 N–H and O–H groups in total. The highest BCUT2D eigenvalue weighted by Crippen LogP contribution is 2.30. The van der Waals surface area contributed by atoms with E-state index in [4.69, 9.17) is 11.6 Å². The van der Waals surface area contributed by atoms with E-state index in [0.717, 1.165) is 16.9 Å². The molecule has 90 valence electrons. The van der Waals surface area contributed by atoms with Crippen molar-refractivity contribution in [2.45, 2.75) is 45.1 Å². The average molecular weight is 251 g/mol. The third-order valence-corrected chi connectivity index (χ3v) is 3.71. The first kappa shape index (κ1) is 11.0. The maximum atomic E-state index is 5.93. The summed E-state index contributed by atoms with van der Waals surface area (Å²) in [6.07, 6.45) is 8.25. The Labute approximate surface area is 105 Å². The number of aryl methyl sites for hydroxylation is 1. The number of hydrogen-bond acceptors (Lipinski definition) is 3. The molecule has 0 bridgehead atoms. The van der Waals surface area contributed by atoms with Crippen LogP contribution in [0.1, 0.15) is 43.8 Å². The van der Waals surface area contributed by atoms with Crippen molar-refractivity contribution < 1.29 is 0 Å². The van der Waals surface area contributed by atoms with E-state index in [9.17, 15) is 0 Å². The molecule has 1 fully saturated rings. The number of aromatic nitrogens is 4. The summed E-state index contributed by atoms with van der Waals surface area (Å²) in [5.41, 5.74) is 2.61. The van der Waals surface area contributed by atoms with Gasteiger partial charge < -0.3 is 4.57 Å². The van der Waals surface area contributed by atoms with Crippen LogP contribution >= 0.6 is 11.6 Å². The highest BCUT2D eigenvalue weighted by Gasteiger charge is 2.19.